The molecule has 0 fully saturated rings. The van der Waals surface area contributed by atoms with Crippen LogP contribution in [0.15, 0.2) is 18.2 Å². The van der Waals surface area contributed by atoms with Crippen LogP contribution < -0.4 is 4.74 Å². The summed E-state index contributed by atoms with van der Waals surface area (Å²) < 4.78 is 5.33. The van der Waals surface area contributed by atoms with Gasteiger partial charge in [0.1, 0.15) is 11.5 Å². The monoisotopic (exact) mass is 338 g/mol. The molecule has 1 N–H and O–H groups in total. The summed E-state index contributed by atoms with van der Waals surface area (Å²) in [7, 11) is 1.82. The van der Waals surface area contributed by atoms with Gasteiger partial charge in [-0.05, 0) is 61.4 Å². The van der Waals surface area contributed by atoms with Crippen LogP contribution in [0.5, 0.6) is 11.5 Å². The van der Waals surface area contributed by atoms with E-state index < -0.39 is 0 Å². The van der Waals surface area contributed by atoms with Gasteiger partial charge in [0, 0.05) is 5.56 Å². The molecule has 0 aliphatic rings. The SMILES string of the molecule is CCCCP(CCCC)CCC(C)(C)c1cc(OC)ccc1O. The van der Waals surface area contributed by atoms with Crippen LogP contribution in [0.25, 0.3) is 0 Å². The second kappa shape index (κ2) is 10.2. The molecule has 1 rings (SSSR count). The standard InChI is InChI=1S/C20H35O2P/c1-6-8-13-23(14-9-7-2)15-12-20(3,4)18-16-17(22-5)10-11-19(18)21/h10-11,16,21H,6-9,12-15H2,1-5H3. The number of hydrogen-bond donors (Lipinski definition) is 1. The van der Waals surface area contributed by atoms with Crippen LogP contribution in [0.4, 0.5) is 0 Å². The first-order valence-electron chi connectivity index (χ1n) is 9.04. The van der Waals surface area contributed by atoms with E-state index in [0.717, 1.165) is 17.7 Å². The van der Waals surface area contributed by atoms with Crippen molar-refractivity contribution in [1.82, 2.24) is 0 Å². The fourth-order valence-corrected chi connectivity index (χ4v) is 5.93. The Morgan fingerprint density at radius 3 is 2.17 bits per heavy atom. The van der Waals surface area contributed by atoms with Gasteiger partial charge >= 0.3 is 0 Å². The average Bonchev–Trinajstić information content (AvgIpc) is 2.54. The Bertz CT molecular complexity index is 449. The second-order valence-electron chi connectivity index (χ2n) is 7.07. The number of methoxy groups -OCH3 is 1. The molecule has 23 heavy (non-hydrogen) atoms. The minimum Gasteiger partial charge on any atom is -0.508 e. The summed E-state index contributed by atoms with van der Waals surface area (Å²) in [6.45, 7) is 9.06. The quantitative estimate of drug-likeness (QED) is 0.490. The zero-order valence-corrected chi connectivity index (χ0v) is 16.6. The largest absolute Gasteiger partial charge is 0.508 e. The number of hydrogen-bond acceptors (Lipinski definition) is 2. The maximum Gasteiger partial charge on any atom is 0.119 e. The lowest BCUT2D eigenvalue weighted by molar-refractivity contribution is 0.400. The molecule has 0 spiro atoms. The zero-order chi connectivity index (χ0) is 17.3. The van der Waals surface area contributed by atoms with E-state index in [1.54, 1.807) is 13.2 Å². The maximum atomic E-state index is 10.3. The fraction of sp³-hybridized carbons (Fsp3) is 0.700. The summed E-state index contributed by atoms with van der Waals surface area (Å²) >= 11 is 0. The Morgan fingerprint density at radius 2 is 1.65 bits per heavy atom. The van der Waals surface area contributed by atoms with Gasteiger partial charge in [0.05, 0.1) is 7.11 Å². The van der Waals surface area contributed by atoms with Crippen molar-refractivity contribution in [2.24, 2.45) is 0 Å². The molecule has 0 heterocycles. The van der Waals surface area contributed by atoms with E-state index in [9.17, 15) is 5.11 Å². The van der Waals surface area contributed by atoms with Crippen LogP contribution in [0.2, 0.25) is 0 Å². The van der Waals surface area contributed by atoms with Gasteiger partial charge in [0.15, 0.2) is 0 Å². The van der Waals surface area contributed by atoms with Crippen molar-refractivity contribution < 1.29 is 9.84 Å². The third-order valence-corrected chi connectivity index (χ3v) is 7.40. The number of aromatic hydroxyl groups is 1. The summed E-state index contributed by atoms with van der Waals surface area (Å²) in [5.74, 6) is 1.22. The minimum absolute atomic E-state index is 0.0162. The molecule has 0 saturated carbocycles. The normalized spacial score (nSPS) is 11.9. The van der Waals surface area contributed by atoms with E-state index >= 15 is 0 Å². The van der Waals surface area contributed by atoms with Crippen molar-refractivity contribution in [3.8, 4) is 11.5 Å². The minimum atomic E-state index is -0.0162. The molecule has 1 aromatic carbocycles. The smallest absolute Gasteiger partial charge is 0.119 e. The second-order valence-corrected chi connectivity index (χ2v) is 9.75. The lowest BCUT2D eigenvalue weighted by Gasteiger charge is -2.29. The van der Waals surface area contributed by atoms with Crippen molar-refractivity contribution >= 4 is 7.92 Å². The van der Waals surface area contributed by atoms with Crippen molar-refractivity contribution in [2.45, 2.75) is 65.2 Å². The van der Waals surface area contributed by atoms with E-state index in [1.165, 1.54) is 44.2 Å². The molecule has 0 atom stereocenters. The Morgan fingerprint density at radius 1 is 1.04 bits per heavy atom. The number of ether oxygens (including phenoxy) is 1. The van der Waals surface area contributed by atoms with Crippen molar-refractivity contribution in [1.29, 1.82) is 0 Å². The van der Waals surface area contributed by atoms with Crippen molar-refractivity contribution in [2.75, 3.05) is 25.6 Å². The summed E-state index contributed by atoms with van der Waals surface area (Å²) in [6, 6.07) is 5.58. The summed E-state index contributed by atoms with van der Waals surface area (Å²) in [5, 5.41) is 10.3. The van der Waals surface area contributed by atoms with Crippen molar-refractivity contribution in [3.63, 3.8) is 0 Å². The Kier molecular flexibility index (Phi) is 8.99. The number of phenols is 1. The van der Waals surface area contributed by atoms with Crippen LogP contribution in [-0.2, 0) is 5.41 Å². The van der Waals surface area contributed by atoms with Gasteiger partial charge in [-0.25, -0.2) is 0 Å². The Balaban J connectivity index is 2.75. The predicted octanol–water partition coefficient (Wildman–Crippen LogP) is 6.15. The first kappa shape index (κ1) is 20.3. The van der Waals surface area contributed by atoms with Gasteiger partial charge in [-0.15, -0.1) is 7.92 Å². The summed E-state index contributed by atoms with van der Waals surface area (Å²) in [5.41, 5.74) is 0.996. The Hall–Kier alpha value is -0.750. The first-order valence-corrected chi connectivity index (χ1v) is 10.9. The molecule has 1 aromatic rings. The van der Waals surface area contributed by atoms with Crippen LogP contribution >= 0.6 is 7.92 Å². The van der Waals surface area contributed by atoms with Crippen LogP contribution in [-0.4, -0.2) is 30.7 Å². The topological polar surface area (TPSA) is 29.5 Å². The molecule has 0 bridgehead atoms. The van der Waals surface area contributed by atoms with Gasteiger partial charge in [-0.3, -0.25) is 0 Å². The summed E-state index contributed by atoms with van der Waals surface area (Å²) in [6.07, 6.45) is 10.6. The summed E-state index contributed by atoms with van der Waals surface area (Å²) in [4.78, 5) is 0. The fourth-order valence-electron chi connectivity index (χ4n) is 2.86. The highest BCUT2D eigenvalue weighted by Gasteiger charge is 2.25. The molecule has 132 valence electrons. The number of unbranched alkanes of at least 4 members (excludes halogenated alkanes) is 2. The molecule has 0 saturated heterocycles. The lowest BCUT2D eigenvalue weighted by atomic mass is 9.81. The van der Waals surface area contributed by atoms with Crippen LogP contribution in [0.3, 0.4) is 0 Å². The van der Waals surface area contributed by atoms with E-state index in [0.29, 0.717) is 5.75 Å². The van der Waals surface area contributed by atoms with Gasteiger partial charge in [-0.1, -0.05) is 40.5 Å². The van der Waals surface area contributed by atoms with E-state index in [4.69, 9.17) is 4.74 Å². The Labute approximate surface area is 144 Å². The maximum absolute atomic E-state index is 10.3. The van der Waals surface area contributed by atoms with E-state index in [2.05, 4.69) is 27.7 Å². The van der Waals surface area contributed by atoms with Gasteiger partial charge in [-0.2, -0.15) is 0 Å². The van der Waals surface area contributed by atoms with E-state index in [-0.39, 0.29) is 13.3 Å². The average molecular weight is 338 g/mol. The molecule has 0 aliphatic carbocycles. The highest BCUT2D eigenvalue weighted by atomic mass is 31.1. The third-order valence-electron chi connectivity index (χ3n) is 4.64. The molecular formula is C20H35O2P. The molecule has 0 aromatic heterocycles. The van der Waals surface area contributed by atoms with Crippen molar-refractivity contribution in [3.05, 3.63) is 23.8 Å². The van der Waals surface area contributed by atoms with Crippen LogP contribution in [0, 0.1) is 0 Å². The molecule has 3 heteroatoms. The molecule has 2 nitrogen and oxygen atoms in total. The number of benzene rings is 1. The van der Waals surface area contributed by atoms with Gasteiger partial charge < -0.3 is 9.84 Å². The van der Waals surface area contributed by atoms with Gasteiger partial charge in [0.2, 0.25) is 0 Å². The zero-order valence-electron chi connectivity index (χ0n) is 15.7. The first-order chi connectivity index (χ1) is 10.9. The van der Waals surface area contributed by atoms with Crippen LogP contribution in [0.1, 0.15) is 65.4 Å². The molecular weight excluding hydrogens is 303 g/mol. The number of rotatable bonds is 11. The van der Waals surface area contributed by atoms with E-state index in [1.807, 2.05) is 12.1 Å². The lowest BCUT2D eigenvalue weighted by Crippen LogP contribution is -2.19. The highest BCUT2D eigenvalue weighted by molar-refractivity contribution is 7.57. The molecule has 0 unspecified atom stereocenters. The molecule has 0 radical (unpaired) electrons. The highest BCUT2D eigenvalue weighted by Crippen LogP contribution is 2.43. The molecule has 0 aliphatic heterocycles. The molecule has 0 amide bonds. The number of phenolic OH excluding ortho intramolecular Hbond substituents is 1. The predicted molar refractivity (Wildman–Crippen MR) is 104 cm³/mol. The van der Waals surface area contributed by atoms with Gasteiger partial charge in [0.25, 0.3) is 0 Å². The third kappa shape index (κ3) is 6.71.